The van der Waals surface area contributed by atoms with Gasteiger partial charge in [-0.1, -0.05) is 24.6 Å². The Morgan fingerprint density at radius 3 is 2.52 bits per heavy atom. The standard InChI is InChI=1S/C23H29FN4O2S/c1-3-28-22-12-11-19(31(29,30)27-13-7-4-8-14-27)15-21(22)25-23(28)17-26(2)16-18-9-5-6-10-20(18)24/h5-6,9-12,15H,3-4,7-8,13-14,16-17H2,1-2H3. The van der Waals surface area contributed by atoms with Gasteiger partial charge in [-0.25, -0.2) is 17.8 Å². The van der Waals surface area contributed by atoms with Crippen LogP contribution in [0.25, 0.3) is 11.0 Å². The number of fused-ring (bicyclic) bond motifs is 1. The van der Waals surface area contributed by atoms with E-state index in [1.807, 2.05) is 31.0 Å². The predicted molar refractivity (Wildman–Crippen MR) is 120 cm³/mol. The van der Waals surface area contributed by atoms with Crippen molar-refractivity contribution in [3.8, 4) is 0 Å². The van der Waals surface area contributed by atoms with Gasteiger partial charge in [0.2, 0.25) is 10.0 Å². The molecular formula is C23H29FN4O2S. The van der Waals surface area contributed by atoms with Gasteiger partial charge in [0.05, 0.1) is 22.5 Å². The molecule has 0 unspecified atom stereocenters. The zero-order valence-corrected chi connectivity index (χ0v) is 18.9. The largest absolute Gasteiger partial charge is 0.327 e. The van der Waals surface area contributed by atoms with Gasteiger partial charge in [0.1, 0.15) is 11.6 Å². The van der Waals surface area contributed by atoms with E-state index in [0.29, 0.717) is 42.2 Å². The molecule has 31 heavy (non-hydrogen) atoms. The number of aromatic nitrogens is 2. The van der Waals surface area contributed by atoms with Crippen LogP contribution in [0.1, 0.15) is 37.6 Å². The summed E-state index contributed by atoms with van der Waals surface area (Å²) in [5.41, 5.74) is 2.22. The second-order valence-corrected chi connectivity index (χ2v) is 10.1. The number of piperidine rings is 1. The molecular weight excluding hydrogens is 415 g/mol. The molecule has 166 valence electrons. The quantitative estimate of drug-likeness (QED) is 0.553. The first-order chi connectivity index (χ1) is 14.9. The fraction of sp³-hybridized carbons (Fsp3) is 0.435. The molecule has 2 aromatic carbocycles. The van der Waals surface area contributed by atoms with E-state index in [2.05, 4.69) is 4.57 Å². The van der Waals surface area contributed by atoms with Crippen molar-refractivity contribution in [1.29, 1.82) is 0 Å². The van der Waals surface area contributed by atoms with E-state index in [-0.39, 0.29) is 5.82 Å². The Labute approximate surface area is 183 Å². The lowest BCUT2D eigenvalue weighted by Crippen LogP contribution is -2.35. The summed E-state index contributed by atoms with van der Waals surface area (Å²) in [6.45, 7) is 4.92. The van der Waals surface area contributed by atoms with Crippen LogP contribution in [0.5, 0.6) is 0 Å². The molecule has 0 saturated carbocycles. The van der Waals surface area contributed by atoms with Crippen LogP contribution in [-0.2, 0) is 29.7 Å². The Hall–Kier alpha value is -2.29. The van der Waals surface area contributed by atoms with Gasteiger partial charge >= 0.3 is 0 Å². The molecule has 0 N–H and O–H groups in total. The molecule has 1 aromatic heterocycles. The van der Waals surface area contributed by atoms with Crippen LogP contribution in [0.15, 0.2) is 47.4 Å². The topological polar surface area (TPSA) is 58.4 Å². The van der Waals surface area contributed by atoms with Crippen molar-refractivity contribution in [2.75, 3.05) is 20.1 Å². The van der Waals surface area contributed by atoms with Crippen molar-refractivity contribution in [2.45, 2.75) is 50.7 Å². The van der Waals surface area contributed by atoms with E-state index in [4.69, 9.17) is 4.98 Å². The van der Waals surface area contributed by atoms with Gasteiger partial charge in [0.25, 0.3) is 0 Å². The highest BCUT2D eigenvalue weighted by atomic mass is 32.2. The Morgan fingerprint density at radius 1 is 1.06 bits per heavy atom. The Bertz CT molecular complexity index is 1170. The van der Waals surface area contributed by atoms with Gasteiger partial charge in [-0.2, -0.15) is 4.31 Å². The lowest BCUT2D eigenvalue weighted by atomic mass is 10.2. The van der Waals surface area contributed by atoms with Gasteiger partial charge in [-0.15, -0.1) is 0 Å². The van der Waals surface area contributed by atoms with Crippen molar-refractivity contribution < 1.29 is 12.8 Å². The van der Waals surface area contributed by atoms with Gasteiger partial charge in [-0.05, 0) is 51.1 Å². The van der Waals surface area contributed by atoms with Gasteiger partial charge in [0.15, 0.2) is 0 Å². The van der Waals surface area contributed by atoms with Gasteiger partial charge < -0.3 is 4.57 Å². The summed E-state index contributed by atoms with van der Waals surface area (Å²) >= 11 is 0. The van der Waals surface area contributed by atoms with Crippen molar-refractivity contribution in [2.24, 2.45) is 0 Å². The predicted octanol–water partition coefficient (Wildman–Crippen LogP) is 4.00. The lowest BCUT2D eigenvalue weighted by Gasteiger charge is -2.25. The fourth-order valence-corrected chi connectivity index (χ4v) is 5.80. The number of imidazole rings is 1. The molecule has 0 bridgehead atoms. The molecule has 8 heteroatoms. The molecule has 1 aliphatic rings. The molecule has 1 saturated heterocycles. The van der Waals surface area contributed by atoms with Crippen molar-refractivity contribution in [3.05, 3.63) is 59.7 Å². The van der Waals surface area contributed by atoms with E-state index in [0.717, 1.165) is 37.1 Å². The smallest absolute Gasteiger partial charge is 0.243 e. The molecule has 0 radical (unpaired) electrons. The highest BCUT2D eigenvalue weighted by molar-refractivity contribution is 7.89. The van der Waals surface area contributed by atoms with Crippen LogP contribution in [0, 0.1) is 5.82 Å². The van der Waals surface area contributed by atoms with Crippen LogP contribution < -0.4 is 0 Å². The number of aryl methyl sites for hydroxylation is 1. The summed E-state index contributed by atoms with van der Waals surface area (Å²) in [6.07, 6.45) is 2.89. The van der Waals surface area contributed by atoms with Gasteiger partial charge in [0, 0.05) is 31.7 Å². The number of halogens is 1. The zero-order chi connectivity index (χ0) is 22.0. The summed E-state index contributed by atoms with van der Waals surface area (Å²) < 4.78 is 43.8. The number of benzene rings is 2. The van der Waals surface area contributed by atoms with Crippen LogP contribution in [0.3, 0.4) is 0 Å². The SMILES string of the molecule is CCn1c(CN(C)Cc2ccccc2F)nc2cc(S(=O)(=O)N3CCCCC3)ccc21. The highest BCUT2D eigenvalue weighted by Crippen LogP contribution is 2.25. The maximum Gasteiger partial charge on any atom is 0.243 e. The summed E-state index contributed by atoms with van der Waals surface area (Å²) in [5, 5.41) is 0. The molecule has 4 rings (SSSR count). The number of rotatable bonds is 7. The average Bonchev–Trinajstić information content (AvgIpc) is 3.12. The summed E-state index contributed by atoms with van der Waals surface area (Å²) in [5.74, 6) is 0.620. The second-order valence-electron chi connectivity index (χ2n) is 8.15. The summed E-state index contributed by atoms with van der Waals surface area (Å²) in [6, 6.07) is 12.0. The third-order valence-electron chi connectivity index (χ3n) is 5.88. The third-order valence-corrected chi connectivity index (χ3v) is 7.77. The molecule has 1 aliphatic heterocycles. The molecule has 0 spiro atoms. The second kappa shape index (κ2) is 9.06. The van der Waals surface area contributed by atoms with Crippen molar-refractivity contribution >= 4 is 21.1 Å². The van der Waals surface area contributed by atoms with Crippen LogP contribution in [0.2, 0.25) is 0 Å². The van der Waals surface area contributed by atoms with Gasteiger partial charge in [-0.3, -0.25) is 4.90 Å². The minimum absolute atomic E-state index is 0.217. The number of nitrogens with zero attached hydrogens (tertiary/aromatic N) is 4. The third kappa shape index (κ3) is 4.51. The number of hydrogen-bond acceptors (Lipinski definition) is 4. The van der Waals surface area contributed by atoms with E-state index in [1.54, 1.807) is 28.6 Å². The lowest BCUT2D eigenvalue weighted by molar-refractivity contribution is 0.301. The molecule has 2 heterocycles. The minimum atomic E-state index is -3.50. The maximum atomic E-state index is 14.0. The Morgan fingerprint density at radius 2 is 1.81 bits per heavy atom. The molecule has 0 aliphatic carbocycles. The van der Waals surface area contributed by atoms with Crippen LogP contribution >= 0.6 is 0 Å². The highest BCUT2D eigenvalue weighted by Gasteiger charge is 2.26. The van der Waals surface area contributed by atoms with Crippen LogP contribution in [0.4, 0.5) is 4.39 Å². The van der Waals surface area contributed by atoms with Crippen molar-refractivity contribution in [1.82, 2.24) is 18.8 Å². The first kappa shape index (κ1) is 21.9. The molecule has 1 fully saturated rings. The van der Waals surface area contributed by atoms with E-state index in [1.165, 1.54) is 6.07 Å². The Kier molecular flexibility index (Phi) is 6.41. The first-order valence-electron chi connectivity index (χ1n) is 10.8. The van der Waals surface area contributed by atoms with E-state index in [9.17, 15) is 12.8 Å². The zero-order valence-electron chi connectivity index (χ0n) is 18.1. The summed E-state index contributed by atoms with van der Waals surface area (Å²) in [7, 11) is -1.57. The summed E-state index contributed by atoms with van der Waals surface area (Å²) in [4.78, 5) is 7.06. The monoisotopic (exact) mass is 444 g/mol. The van der Waals surface area contributed by atoms with Crippen molar-refractivity contribution in [3.63, 3.8) is 0 Å². The maximum absolute atomic E-state index is 14.0. The number of hydrogen-bond donors (Lipinski definition) is 0. The Balaban J connectivity index is 1.60. The van der Waals surface area contributed by atoms with E-state index < -0.39 is 10.0 Å². The number of sulfonamides is 1. The molecule has 6 nitrogen and oxygen atoms in total. The molecule has 0 amide bonds. The first-order valence-corrected chi connectivity index (χ1v) is 12.3. The molecule has 3 aromatic rings. The van der Waals surface area contributed by atoms with E-state index >= 15 is 0 Å². The minimum Gasteiger partial charge on any atom is -0.327 e. The average molecular weight is 445 g/mol. The molecule has 0 atom stereocenters. The normalized spacial score (nSPS) is 15.7. The fourth-order valence-electron chi connectivity index (χ4n) is 4.26. The van der Waals surface area contributed by atoms with Crippen LogP contribution in [-0.4, -0.2) is 47.3 Å².